The van der Waals surface area contributed by atoms with Gasteiger partial charge in [0.25, 0.3) is 0 Å². The zero-order valence-electron chi connectivity index (χ0n) is 10.6. The zero-order valence-corrected chi connectivity index (χ0v) is 11.4. The van der Waals surface area contributed by atoms with Crippen LogP contribution in [-0.2, 0) is 30.2 Å². The summed E-state index contributed by atoms with van der Waals surface area (Å²) in [5, 5.41) is 3.85. The van der Waals surface area contributed by atoms with Gasteiger partial charge in [0.15, 0.2) is 0 Å². The number of rotatable bonds is 5. The van der Waals surface area contributed by atoms with Gasteiger partial charge >= 0.3 is 0 Å². The fourth-order valence-electron chi connectivity index (χ4n) is 1.72. The lowest BCUT2D eigenvalue weighted by molar-refractivity contribution is 0.581. The second-order valence-corrected chi connectivity index (χ2v) is 5.91. The Labute approximate surface area is 112 Å². The maximum Gasteiger partial charge on any atom is 0.243 e. The zero-order chi connectivity index (χ0) is 13.9. The first kappa shape index (κ1) is 13.7. The number of hydrogen-bond acceptors (Lipinski definition) is 4. The Morgan fingerprint density at radius 3 is 2.58 bits per heavy atom. The fourth-order valence-corrected chi connectivity index (χ4v) is 2.71. The minimum absolute atomic E-state index is 0.153. The lowest BCUT2D eigenvalue weighted by Crippen LogP contribution is -2.23. The van der Waals surface area contributed by atoms with E-state index >= 15 is 0 Å². The van der Waals surface area contributed by atoms with Gasteiger partial charge in [-0.15, -0.1) is 0 Å². The van der Waals surface area contributed by atoms with E-state index in [1.54, 1.807) is 7.05 Å². The lowest BCUT2D eigenvalue weighted by atomic mass is 10.1. The molecule has 6 nitrogen and oxygen atoms in total. The molecule has 3 N–H and O–H groups in total. The summed E-state index contributed by atoms with van der Waals surface area (Å²) in [6.07, 6.45) is 2.77. The number of nitrogens with one attached hydrogen (secondary N) is 1. The van der Waals surface area contributed by atoms with Gasteiger partial charge in [-0.3, -0.25) is 4.68 Å². The molecule has 0 aliphatic rings. The molecule has 0 aliphatic heterocycles. The molecule has 0 atom stereocenters. The standard InChI is InChI=1S/C12H16N4O2S/c1-16-9-12(8-14-16)19(17,18)15-7-11-5-3-2-4-10(11)6-13/h2-5,8-9,15H,6-7,13H2,1H3. The van der Waals surface area contributed by atoms with Crippen LogP contribution < -0.4 is 10.5 Å². The maximum absolute atomic E-state index is 12.0. The first-order chi connectivity index (χ1) is 9.03. The van der Waals surface area contributed by atoms with Crippen molar-refractivity contribution in [3.05, 3.63) is 47.8 Å². The van der Waals surface area contributed by atoms with Crippen LogP contribution in [0.4, 0.5) is 0 Å². The van der Waals surface area contributed by atoms with Crippen molar-refractivity contribution in [2.24, 2.45) is 12.8 Å². The number of hydrogen-bond donors (Lipinski definition) is 2. The lowest BCUT2D eigenvalue weighted by Gasteiger charge is -2.08. The minimum atomic E-state index is -3.54. The molecule has 0 fully saturated rings. The number of sulfonamides is 1. The molecular weight excluding hydrogens is 264 g/mol. The van der Waals surface area contributed by atoms with Crippen LogP contribution in [0.1, 0.15) is 11.1 Å². The van der Waals surface area contributed by atoms with E-state index in [-0.39, 0.29) is 11.4 Å². The third kappa shape index (κ3) is 3.19. The van der Waals surface area contributed by atoms with Gasteiger partial charge in [0.1, 0.15) is 4.90 Å². The molecule has 0 unspecified atom stereocenters. The highest BCUT2D eigenvalue weighted by atomic mass is 32.2. The van der Waals surface area contributed by atoms with Gasteiger partial charge in [-0.25, -0.2) is 13.1 Å². The molecule has 19 heavy (non-hydrogen) atoms. The van der Waals surface area contributed by atoms with Crippen LogP contribution in [0.25, 0.3) is 0 Å². The van der Waals surface area contributed by atoms with E-state index in [1.165, 1.54) is 17.1 Å². The molecule has 1 heterocycles. The maximum atomic E-state index is 12.0. The summed E-state index contributed by atoms with van der Waals surface area (Å²) in [5.74, 6) is 0. The summed E-state index contributed by atoms with van der Waals surface area (Å²) in [6, 6.07) is 7.47. The van der Waals surface area contributed by atoms with Crippen molar-refractivity contribution in [2.75, 3.05) is 0 Å². The Morgan fingerprint density at radius 2 is 2.00 bits per heavy atom. The molecule has 1 aromatic carbocycles. The molecule has 2 aromatic rings. The van der Waals surface area contributed by atoms with E-state index < -0.39 is 10.0 Å². The Kier molecular flexibility index (Phi) is 3.98. The normalized spacial score (nSPS) is 11.7. The second kappa shape index (κ2) is 5.52. The monoisotopic (exact) mass is 280 g/mol. The van der Waals surface area contributed by atoms with E-state index in [4.69, 9.17) is 5.73 Å². The first-order valence-electron chi connectivity index (χ1n) is 5.78. The highest BCUT2D eigenvalue weighted by molar-refractivity contribution is 7.89. The smallest absolute Gasteiger partial charge is 0.243 e. The van der Waals surface area contributed by atoms with Crippen LogP contribution in [0.2, 0.25) is 0 Å². The summed E-state index contributed by atoms with van der Waals surface area (Å²) < 4.78 is 28.0. The summed E-state index contributed by atoms with van der Waals surface area (Å²) in [5.41, 5.74) is 7.41. The largest absolute Gasteiger partial charge is 0.326 e. The van der Waals surface area contributed by atoms with Crippen molar-refractivity contribution in [1.82, 2.24) is 14.5 Å². The summed E-state index contributed by atoms with van der Waals surface area (Å²) in [7, 11) is -1.87. The Hall–Kier alpha value is -1.70. The van der Waals surface area contributed by atoms with Crippen LogP contribution in [-0.4, -0.2) is 18.2 Å². The van der Waals surface area contributed by atoms with Crippen LogP contribution in [0.3, 0.4) is 0 Å². The summed E-state index contributed by atoms with van der Waals surface area (Å²) in [4.78, 5) is 0.153. The SMILES string of the molecule is Cn1cc(S(=O)(=O)NCc2ccccc2CN)cn1. The minimum Gasteiger partial charge on any atom is -0.326 e. The molecule has 0 spiro atoms. The fraction of sp³-hybridized carbons (Fsp3) is 0.250. The molecule has 102 valence electrons. The van der Waals surface area contributed by atoms with E-state index in [1.807, 2.05) is 24.3 Å². The van der Waals surface area contributed by atoms with Crippen LogP contribution >= 0.6 is 0 Å². The average Bonchev–Trinajstić information content (AvgIpc) is 2.84. The number of aromatic nitrogens is 2. The van der Waals surface area contributed by atoms with Crippen molar-refractivity contribution in [1.29, 1.82) is 0 Å². The van der Waals surface area contributed by atoms with Crippen LogP contribution in [0.15, 0.2) is 41.6 Å². The second-order valence-electron chi connectivity index (χ2n) is 4.15. The highest BCUT2D eigenvalue weighted by Gasteiger charge is 2.16. The third-order valence-corrected chi connectivity index (χ3v) is 4.14. The topological polar surface area (TPSA) is 90.0 Å². The molecule has 0 aliphatic carbocycles. The van der Waals surface area contributed by atoms with Gasteiger partial charge in [-0.1, -0.05) is 24.3 Å². The van der Waals surface area contributed by atoms with Gasteiger partial charge in [-0.05, 0) is 11.1 Å². The molecular formula is C12H16N4O2S. The highest BCUT2D eigenvalue weighted by Crippen LogP contribution is 2.11. The first-order valence-corrected chi connectivity index (χ1v) is 7.26. The van der Waals surface area contributed by atoms with Crippen molar-refractivity contribution in [3.8, 4) is 0 Å². The predicted octanol–water partition coefficient (Wildman–Crippen LogP) is 0.357. The van der Waals surface area contributed by atoms with Crippen molar-refractivity contribution >= 4 is 10.0 Å². The predicted molar refractivity (Wildman–Crippen MR) is 71.6 cm³/mol. The molecule has 1 aromatic heterocycles. The van der Waals surface area contributed by atoms with Crippen molar-refractivity contribution < 1.29 is 8.42 Å². The van der Waals surface area contributed by atoms with E-state index in [0.717, 1.165) is 11.1 Å². The Morgan fingerprint density at radius 1 is 1.32 bits per heavy atom. The van der Waals surface area contributed by atoms with Gasteiger partial charge < -0.3 is 5.73 Å². The van der Waals surface area contributed by atoms with Crippen LogP contribution in [0.5, 0.6) is 0 Å². The average molecular weight is 280 g/mol. The van der Waals surface area contributed by atoms with Gasteiger partial charge in [0, 0.05) is 26.3 Å². The molecule has 0 amide bonds. The number of nitrogens with two attached hydrogens (primary N) is 1. The summed E-state index contributed by atoms with van der Waals surface area (Å²) >= 11 is 0. The number of benzene rings is 1. The molecule has 0 saturated heterocycles. The quantitative estimate of drug-likeness (QED) is 0.827. The summed E-state index contributed by atoms with van der Waals surface area (Å²) in [6.45, 7) is 0.593. The molecule has 0 radical (unpaired) electrons. The van der Waals surface area contributed by atoms with Gasteiger partial charge in [-0.2, -0.15) is 5.10 Å². The van der Waals surface area contributed by atoms with E-state index in [0.29, 0.717) is 6.54 Å². The number of aryl methyl sites for hydroxylation is 1. The number of nitrogens with zero attached hydrogens (tertiary/aromatic N) is 2. The van der Waals surface area contributed by atoms with Gasteiger partial charge in [0.05, 0.1) is 6.20 Å². The molecule has 0 saturated carbocycles. The molecule has 2 rings (SSSR count). The molecule has 7 heteroatoms. The molecule has 0 bridgehead atoms. The Balaban J connectivity index is 2.14. The van der Waals surface area contributed by atoms with Crippen LogP contribution in [0, 0.1) is 0 Å². The van der Waals surface area contributed by atoms with E-state index in [9.17, 15) is 8.42 Å². The van der Waals surface area contributed by atoms with Crippen molar-refractivity contribution in [3.63, 3.8) is 0 Å². The van der Waals surface area contributed by atoms with Crippen molar-refractivity contribution in [2.45, 2.75) is 18.0 Å². The van der Waals surface area contributed by atoms with Gasteiger partial charge in [0.2, 0.25) is 10.0 Å². The van der Waals surface area contributed by atoms with E-state index in [2.05, 4.69) is 9.82 Å². The Bertz CT molecular complexity index is 664. The third-order valence-electron chi connectivity index (χ3n) is 2.78.